The molecule has 0 saturated carbocycles. The standard InChI is InChI=1S/C20H21N3O3/c1-23(12-17-11-15-7-5-6-10-18(15)25-17)13-20-21-19(22-26-20)14-24-16-8-3-2-4-9-16/h2-10,17H,11-14H2,1H3/t17-/m0/s1. The first-order valence-electron chi connectivity index (χ1n) is 8.69. The molecule has 1 aliphatic heterocycles. The molecule has 1 aromatic heterocycles. The number of fused-ring (bicyclic) bond motifs is 1. The van der Waals surface area contributed by atoms with Gasteiger partial charge in [0.15, 0.2) is 6.61 Å². The molecule has 3 aromatic rings. The van der Waals surface area contributed by atoms with Crippen LogP contribution >= 0.6 is 0 Å². The predicted octanol–water partition coefficient (Wildman–Crippen LogP) is 3.08. The van der Waals surface area contributed by atoms with Crippen molar-refractivity contribution in [3.8, 4) is 11.5 Å². The molecule has 2 heterocycles. The number of aromatic nitrogens is 2. The predicted molar refractivity (Wildman–Crippen MR) is 96.0 cm³/mol. The van der Waals surface area contributed by atoms with E-state index in [9.17, 15) is 0 Å². The van der Waals surface area contributed by atoms with Crippen LogP contribution in [0.1, 0.15) is 17.3 Å². The minimum Gasteiger partial charge on any atom is -0.488 e. The van der Waals surface area contributed by atoms with Crippen molar-refractivity contribution in [1.29, 1.82) is 0 Å². The van der Waals surface area contributed by atoms with Gasteiger partial charge in [-0.25, -0.2) is 0 Å². The summed E-state index contributed by atoms with van der Waals surface area (Å²) in [6.07, 6.45) is 1.08. The van der Waals surface area contributed by atoms with Crippen molar-refractivity contribution in [2.24, 2.45) is 0 Å². The van der Waals surface area contributed by atoms with Crippen LogP contribution in [-0.4, -0.2) is 34.7 Å². The molecule has 0 radical (unpaired) electrons. The minimum atomic E-state index is 0.154. The summed E-state index contributed by atoms with van der Waals surface area (Å²) in [7, 11) is 2.02. The summed E-state index contributed by atoms with van der Waals surface area (Å²) in [5.41, 5.74) is 1.27. The SMILES string of the molecule is CN(Cc1nc(COc2ccccc2)no1)C[C@@H]1Cc2ccccc2O1. The van der Waals surface area contributed by atoms with E-state index in [1.807, 2.05) is 55.6 Å². The van der Waals surface area contributed by atoms with Crippen LogP contribution in [0, 0.1) is 0 Å². The lowest BCUT2D eigenvalue weighted by molar-refractivity contribution is 0.155. The van der Waals surface area contributed by atoms with Crippen molar-refractivity contribution in [3.63, 3.8) is 0 Å². The first-order valence-corrected chi connectivity index (χ1v) is 8.69. The Labute approximate surface area is 152 Å². The van der Waals surface area contributed by atoms with Crippen molar-refractivity contribution in [1.82, 2.24) is 15.0 Å². The van der Waals surface area contributed by atoms with Gasteiger partial charge in [-0.2, -0.15) is 4.98 Å². The third-order valence-corrected chi connectivity index (χ3v) is 4.26. The molecule has 6 heteroatoms. The zero-order valence-corrected chi connectivity index (χ0v) is 14.7. The monoisotopic (exact) mass is 351 g/mol. The first kappa shape index (κ1) is 16.6. The van der Waals surface area contributed by atoms with Gasteiger partial charge in [-0.05, 0) is 30.8 Å². The number of likely N-dealkylation sites (N-methyl/N-ethyl adjacent to an activating group) is 1. The fraction of sp³-hybridized carbons (Fsp3) is 0.300. The molecular weight excluding hydrogens is 330 g/mol. The van der Waals surface area contributed by atoms with E-state index in [-0.39, 0.29) is 12.7 Å². The molecule has 134 valence electrons. The highest BCUT2D eigenvalue weighted by Gasteiger charge is 2.24. The van der Waals surface area contributed by atoms with Crippen LogP contribution in [0.15, 0.2) is 59.1 Å². The van der Waals surface area contributed by atoms with Gasteiger partial charge in [-0.1, -0.05) is 41.6 Å². The second-order valence-electron chi connectivity index (χ2n) is 6.45. The molecule has 0 unspecified atom stereocenters. The lowest BCUT2D eigenvalue weighted by Crippen LogP contribution is -2.31. The van der Waals surface area contributed by atoms with E-state index in [1.54, 1.807) is 0 Å². The van der Waals surface area contributed by atoms with Crippen LogP contribution < -0.4 is 9.47 Å². The third kappa shape index (κ3) is 4.03. The molecule has 0 fully saturated rings. The maximum Gasteiger partial charge on any atom is 0.240 e. The van der Waals surface area contributed by atoms with E-state index in [4.69, 9.17) is 14.0 Å². The molecule has 0 N–H and O–H groups in total. The Kier molecular flexibility index (Phi) is 4.84. The van der Waals surface area contributed by atoms with E-state index in [0.717, 1.165) is 24.5 Å². The van der Waals surface area contributed by atoms with Gasteiger partial charge in [0, 0.05) is 13.0 Å². The van der Waals surface area contributed by atoms with Gasteiger partial charge in [0.05, 0.1) is 6.54 Å². The summed E-state index contributed by atoms with van der Waals surface area (Å²) in [6.45, 7) is 1.67. The largest absolute Gasteiger partial charge is 0.488 e. The second-order valence-corrected chi connectivity index (χ2v) is 6.45. The van der Waals surface area contributed by atoms with Crippen molar-refractivity contribution >= 4 is 0 Å². The molecule has 1 aliphatic rings. The van der Waals surface area contributed by atoms with Crippen molar-refractivity contribution in [2.45, 2.75) is 25.7 Å². The topological polar surface area (TPSA) is 60.6 Å². The van der Waals surface area contributed by atoms with Crippen molar-refractivity contribution in [3.05, 3.63) is 71.9 Å². The molecule has 0 saturated heterocycles. The van der Waals surface area contributed by atoms with Gasteiger partial charge in [-0.3, -0.25) is 4.90 Å². The highest BCUT2D eigenvalue weighted by molar-refractivity contribution is 5.37. The number of benzene rings is 2. The number of hydrogen-bond donors (Lipinski definition) is 0. The Bertz CT molecular complexity index is 825. The van der Waals surface area contributed by atoms with E-state index >= 15 is 0 Å². The molecule has 0 amide bonds. The summed E-state index contributed by atoms with van der Waals surface area (Å²) in [6, 6.07) is 17.8. The van der Waals surface area contributed by atoms with E-state index in [2.05, 4.69) is 21.1 Å². The van der Waals surface area contributed by atoms with Crippen LogP contribution in [-0.2, 0) is 19.6 Å². The van der Waals surface area contributed by atoms with Gasteiger partial charge >= 0.3 is 0 Å². The van der Waals surface area contributed by atoms with E-state index in [1.165, 1.54) is 5.56 Å². The lowest BCUT2D eigenvalue weighted by Gasteiger charge is -2.18. The summed E-state index contributed by atoms with van der Waals surface area (Å²) in [4.78, 5) is 6.52. The first-order chi connectivity index (χ1) is 12.8. The lowest BCUT2D eigenvalue weighted by atomic mass is 10.1. The Morgan fingerprint density at radius 2 is 1.92 bits per heavy atom. The second kappa shape index (κ2) is 7.58. The smallest absolute Gasteiger partial charge is 0.240 e. The van der Waals surface area contributed by atoms with Gasteiger partial charge in [0.2, 0.25) is 11.7 Å². The maximum absolute atomic E-state index is 5.98. The normalized spacial score (nSPS) is 15.7. The van der Waals surface area contributed by atoms with E-state index in [0.29, 0.717) is 18.3 Å². The molecule has 0 aliphatic carbocycles. The molecule has 0 spiro atoms. The van der Waals surface area contributed by atoms with Crippen LogP contribution in [0.4, 0.5) is 0 Å². The Morgan fingerprint density at radius 1 is 1.12 bits per heavy atom. The third-order valence-electron chi connectivity index (χ3n) is 4.26. The Hall–Kier alpha value is -2.86. The highest BCUT2D eigenvalue weighted by Crippen LogP contribution is 2.28. The summed E-state index contributed by atoms with van der Waals surface area (Å²) in [5.74, 6) is 2.90. The minimum absolute atomic E-state index is 0.154. The summed E-state index contributed by atoms with van der Waals surface area (Å²) < 4.78 is 16.9. The van der Waals surface area contributed by atoms with Crippen molar-refractivity contribution in [2.75, 3.05) is 13.6 Å². The van der Waals surface area contributed by atoms with Gasteiger partial charge in [0.25, 0.3) is 0 Å². The average Bonchev–Trinajstić information content (AvgIpc) is 3.26. The molecule has 0 bridgehead atoms. The Morgan fingerprint density at radius 3 is 2.77 bits per heavy atom. The van der Waals surface area contributed by atoms with E-state index < -0.39 is 0 Å². The van der Waals surface area contributed by atoms with Gasteiger partial charge in [0.1, 0.15) is 17.6 Å². The fourth-order valence-electron chi connectivity index (χ4n) is 3.08. The zero-order chi connectivity index (χ0) is 17.8. The molecular formula is C20H21N3O3. The number of nitrogens with zero attached hydrogens (tertiary/aromatic N) is 3. The van der Waals surface area contributed by atoms with Crippen molar-refractivity contribution < 1.29 is 14.0 Å². The average molecular weight is 351 g/mol. The van der Waals surface area contributed by atoms with Gasteiger partial charge in [-0.15, -0.1) is 0 Å². The molecule has 4 rings (SSSR count). The van der Waals surface area contributed by atoms with Crippen LogP contribution in [0.2, 0.25) is 0 Å². The highest BCUT2D eigenvalue weighted by atomic mass is 16.5. The van der Waals surface area contributed by atoms with Crippen LogP contribution in [0.25, 0.3) is 0 Å². The Balaban J connectivity index is 1.26. The summed E-state index contributed by atoms with van der Waals surface area (Å²) >= 11 is 0. The quantitative estimate of drug-likeness (QED) is 0.652. The maximum atomic E-state index is 5.98. The molecule has 6 nitrogen and oxygen atoms in total. The van der Waals surface area contributed by atoms with Crippen LogP contribution in [0.5, 0.6) is 11.5 Å². The summed E-state index contributed by atoms with van der Waals surface area (Å²) in [5, 5.41) is 3.98. The number of hydrogen-bond acceptors (Lipinski definition) is 6. The number of ether oxygens (including phenoxy) is 2. The molecule has 26 heavy (non-hydrogen) atoms. The van der Waals surface area contributed by atoms with Crippen LogP contribution in [0.3, 0.4) is 0 Å². The number of rotatable bonds is 7. The fourth-order valence-corrected chi connectivity index (χ4v) is 3.08. The molecule has 2 aromatic carbocycles. The zero-order valence-electron chi connectivity index (χ0n) is 14.7. The number of para-hydroxylation sites is 2. The van der Waals surface area contributed by atoms with Gasteiger partial charge < -0.3 is 14.0 Å². The molecule has 1 atom stereocenters.